The quantitative estimate of drug-likeness (QED) is 0.913. The molecule has 0 aliphatic carbocycles. The van der Waals surface area contributed by atoms with Crippen molar-refractivity contribution in [3.8, 4) is 0 Å². The van der Waals surface area contributed by atoms with Gasteiger partial charge in [0.25, 0.3) is 0 Å². The molecule has 3 rings (SSSR count). The molecule has 1 aromatic carbocycles. The predicted molar refractivity (Wildman–Crippen MR) is 76.8 cm³/mol. The molecule has 0 fully saturated rings. The number of benzene rings is 1. The van der Waals surface area contributed by atoms with Crippen molar-refractivity contribution >= 4 is 10.9 Å². The molecule has 2 aromatic rings. The number of nitrogens with zero attached hydrogens (tertiary/aromatic N) is 1. The number of ether oxygens (including phenoxy) is 1. The molecule has 1 N–H and O–H groups in total. The Morgan fingerprint density at radius 3 is 2.89 bits per heavy atom. The van der Waals surface area contributed by atoms with Gasteiger partial charge in [0.1, 0.15) is 0 Å². The van der Waals surface area contributed by atoms with Crippen LogP contribution in [0.1, 0.15) is 24.6 Å². The second kappa shape index (κ2) is 5.41. The molecule has 1 unspecified atom stereocenters. The van der Waals surface area contributed by atoms with E-state index < -0.39 is 0 Å². The molecule has 0 amide bonds. The van der Waals surface area contributed by atoms with Crippen molar-refractivity contribution in [2.45, 2.75) is 18.9 Å². The molecule has 2 heterocycles. The highest BCUT2D eigenvalue weighted by Crippen LogP contribution is 2.27. The lowest BCUT2D eigenvalue weighted by atomic mass is 9.98. The van der Waals surface area contributed by atoms with Crippen molar-refractivity contribution in [1.82, 2.24) is 10.3 Å². The second-order valence-corrected chi connectivity index (χ2v) is 4.82. The molecule has 0 radical (unpaired) electrons. The highest BCUT2D eigenvalue weighted by Gasteiger charge is 2.18. The van der Waals surface area contributed by atoms with Crippen molar-refractivity contribution in [1.29, 1.82) is 0 Å². The van der Waals surface area contributed by atoms with Gasteiger partial charge in [0, 0.05) is 5.39 Å². The topological polar surface area (TPSA) is 34.1 Å². The number of nitrogens with one attached hydrogen (secondary N) is 1. The molecule has 19 heavy (non-hydrogen) atoms. The van der Waals surface area contributed by atoms with Gasteiger partial charge in [0.05, 0.1) is 30.1 Å². The molecule has 0 saturated carbocycles. The molecule has 3 nitrogen and oxygen atoms in total. The van der Waals surface area contributed by atoms with Crippen LogP contribution in [0.25, 0.3) is 10.9 Å². The fourth-order valence-corrected chi connectivity index (χ4v) is 2.56. The monoisotopic (exact) mass is 254 g/mol. The first-order chi connectivity index (χ1) is 9.38. The van der Waals surface area contributed by atoms with Gasteiger partial charge in [0.15, 0.2) is 0 Å². The fraction of sp³-hybridized carbons (Fsp3) is 0.312. The molecule has 1 atom stereocenters. The van der Waals surface area contributed by atoms with Crippen LogP contribution >= 0.6 is 0 Å². The van der Waals surface area contributed by atoms with Gasteiger partial charge in [-0.2, -0.15) is 0 Å². The van der Waals surface area contributed by atoms with Gasteiger partial charge in [-0.25, -0.2) is 0 Å². The van der Waals surface area contributed by atoms with Gasteiger partial charge >= 0.3 is 0 Å². The van der Waals surface area contributed by atoms with E-state index in [0.29, 0.717) is 0 Å². The Morgan fingerprint density at radius 2 is 2.11 bits per heavy atom. The fourth-order valence-electron chi connectivity index (χ4n) is 2.56. The van der Waals surface area contributed by atoms with Crippen LogP contribution in [-0.4, -0.2) is 18.6 Å². The van der Waals surface area contributed by atoms with Crippen LogP contribution in [-0.2, 0) is 4.74 Å². The first-order valence-corrected chi connectivity index (χ1v) is 6.72. The van der Waals surface area contributed by atoms with Crippen LogP contribution in [0.15, 0.2) is 48.2 Å². The van der Waals surface area contributed by atoms with E-state index in [-0.39, 0.29) is 6.04 Å². The molecule has 1 aromatic heterocycles. The highest BCUT2D eigenvalue weighted by molar-refractivity contribution is 5.78. The summed E-state index contributed by atoms with van der Waals surface area (Å²) >= 11 is 0. The molecular formula is C16H18N2O. The minimum Gasteiger partial charge on any atom is -0.501 e. The molecule has 0 spiro atoms. The van der Waals surface area contributed by atoms with Crippen LogP contribution in [0.4, 0.5) is 0 Å². The van der Waals surface area contributed by atoms with E-state index in [1.54, 1.807) is 0 Å². The number of para-hydroxylation sites is 1. The van der Waals surface area contributed by atoms with Gasteiger partial charge in [-0.05, 0) is 37.6 Å². The van der Waals surface area contributed by atoms with Crippen molar-refractivity contribution in [3.05, 3.63) is 53.9 Å². The largest absolute Gasteiger partial charge is 0.501 e. The maximum absolute atomic E-state index is 5.44. The number of fused-ring (bicyclic) bond motifs is 1. The SMILES string of the molecule is CNC(C1=COCCC1)c1ccc2ccccc2n1. The maximum Gasteiger partial charge on any atom is 0.0876 e. The maximum atomic E-state index is 5.44. The number of likely N-dealkylation sites (N-methyl/N-ethyl adjacent to an activating group) is 1. The summed E-state index contributed by atoms with van der Waals surface area (Å²) in [5.41, 5.74) is 3.37. The summed E-state index contributed by atoms with van der Waals surface area (Å²) in [5, 5.41) is 4.52. The van der Waals surface area contributed by atoms with Crippen LogP contribution in [0.5, 0.6) is 0 Å². The lowest BCUT2D eigenvalue weighted by Gasteiger charge is -2.22. The van der Waals surface area contributed by atoms with E-state index in [9.17, 15) is 0 Å². The lowest BCUT2D eigenvalue weighted by molar-refractivity contribution is 0.219. The zero-order valence-electron chi connectivity index (χ0n) is 11.1. The summed E-state index contributed by atoms with van der Waals surface area (Å²) in [4.78, 5) is 4.76. The minimum atomic E-state index is 0.143. The molecule has 0 bridgehead atoms. The van der Waals surface area contributed by atoms with Gasteiger partial charge < -0.3 is 10.1 Å². The zero-order valence-corrected chi connectivity index (χ0v) is 11.1. The third kappa shape index (κ3) is 2.47. The molecule has 1 aliphatic heterocycles. The number of hydrogen-bond donors (Lipinski definition) is 1. The van der Waals surface area contributed by atoms with E-state index in [1.165, 1.54) is 11.0 Å². The Kier molecular flexibility index (Phi) is 3.47. The van der Waals surface area contributed by atoms with Crippen LogP contribution < -0.4 is 5.32 Å². The van der Waals surface area contributed by atoms with E-state index in [2.05, 4.69) is 29.6 Å². The van der Waals surface area contributed by atoms with Crippen LogP contribution in [0.2, 0.25) is 0 Å². The normalized spacial score (nSPS) is 16.8. The van der Waals surface area contributed by atoms with Crippen molar-refractivity contribution in [2.75, 3.05) is 13.7 Å². The predicted octanol–water partition coefficient (Wildman–Crippen LogP) is 3.19. The van der Waals surface area contributed by atoms with Crippen molar-refractivity contribution in [3.63, 3.8) is 0 Å². The Balaban J connectivity index is 1.98. The minimum absolute atomic E-state index is 0.143. The number of hydrogen-bond acceptors (Lipinski definition) is 3. The van der Waals surface area contributed by atoms with Crippen molar-refractivity contribution < 1.29 is 4.74 Å². The van der Waals surface area contributed by atoms with Gasteiger partial charge in [0.2, 0.25) is 0 Å². The van der Waals surface area contributed by atoms with Gasteiger partial charge in [-0.15, -0.1) is 0 Å². The van der Waals surface area contributed by atoms with E-state index in [0.717, 1.165) is 30.7 Å². The first kappa shape index (κ1) is 12.2. The third-order valence-corrected chi connectivity index (χ3v) is 3.54. The number of aromatic nitrogens is 1. The van der Waals surface area contributed by atoms with Crippen LogP contribution in [0, 0.1) is 0 Å². The molecule has 0 saturated heterocycles. The van der Waals surface area contributed by atoms with Crippen LogP contribution in [0.3, 0.4) is 0 Å². The van der Waals surface area contributed by atoms with Gasteiger partial charge in [-0.1, -0.05) is 24.3 Å². The third-order valence-electron chi connectivity index (χ3n) is 3.54. The van der Waals surface area contributed by atoms with E-state index in [4.69, 9.17) is 9.72 Å². The lowest BCUT2D eigenvalue weighted by Crippen LogP contribution is -2.21. The van der Waals surface area contributed by atoms with E-state index in [1.807, 2.05) is 25.4 Å². The second-order valence-electron chi connectivity index (χ2n) is 4.82. The van der Waals surface area contributed by atoms with E-state index >= 15 is 0 Å². The highest BCUT2D eigenvalue weighted by atomic mass is 16.5. The Bertz CT molecular complexity index is 606. The standard InChI is InChI=1S/C16H18N2O/c1-17-16(13-6-4-10-19-11-13)15-9-8-12-5-2-3-7-14(12)18-15/h2-3,5,7-9,11,16-17H,4,6,10H2,1H3. The smallest absolute Gasteiger partial charge is 0.0876 e. The summed E-state index contributed by atoms with van der Waals surface area (Å²) in [6.07, 6.45) is 4.04. The Hall–Kier alpha value is -1.87. The molecule has 1 aliphatic rings. The zero-order chi connectivity index (χ0) is 13.1. The summed E-state index contributed by atoms with van der Waals surface area (Å²) < 4.78 is 5.44. The summed E-state index contributed by atoms with van der Waals surface area (Å²) in [5.74, 6) is 0. The average molecular weight is 254 g/mol. The molecule has 3 heteroatoms. The molecule has 98 valence electrons. The summed E-state index contributed by atoms with van der Waals surface area (Å²) in [7, 11) is 1.97. The molecular weight excluding hydrogens is 236 g/mol. The Morgan fingerprint density at radius 1 is 1.21 bits per heavy atom. The number of pyridine rings is 1. The van der Waals surface area contributed by atoms with Crippen molar-refractivity contribution in [2.24, 2.45) is 0 Å². The van der Waals surface area contributed by atoms with Gasteiger partial charge in [-0.3, -0.25) is 4.98 Å². The average Bonchev–Trinajstić information content (AvgIpc) is 2.49. The first-order valence-electron chi connectivity index (χ1n) is 6.72. The summed E-state index contributed by atoms with van der Waals surface area (Å²) in [6, 6.07) is 12.6. The Labute approximate surface area is 113 Å². The summed E-state index contributed by atoms with van der Waals surface area (Å²) in [6.45, 7) is 0.824. The number of rotatable bonds is 3.